The average molecular weight is 286 g/mol. The zero-order valence-corrected chi connectivity index (χ0v) is 12.3. The van der Waals surface area contributed by atoms with Gasteiger partial charge in [-0.1, -0.05) is 13.0 Å². The minimum absolute atomic E-state index is 0.165. The highest BCUT2D eigenvalue weighted by Crippen LogP contribution is 2.19. The third-order valence-corrected chi connectivity index (χ3v) is 3.13. The van der Waals surface area contributed by atoms with Crippen molar-refractivity contribution in [3.05, 3.63) is 35.6 Å². The largest absolute Gasteiger partial charge is 0.306 e. The molecule has 0 aromatic rings. The van der Waals surface area contributed by atoms with E-state index in [1.807, 2.05) is 7.05 Å². The quantitative estimate of drug-likeness (QED) is 0.721. The molecule has 0 saturated heterocycles. The van der Waals surface area contributed by atoms with Crippen molar-refractivity contribution >= 4 is 0 Å². The van der Waals surface area contributed by atoms with Gasteiger partial charge >= 0.3 is 0 Å². The normalized spacial score (nSPS) is 18.8. The number of hydrogen-bond acceptors (Lipinski definition) is 3. The van der Waals surface area contributed by atoms with Crippen molar-refractivity contribution in [2.45, 2.75) is 32.6 Å². The molecule has 0 aliphatic heterocycles. The van der Waals surface area contributed by atoms with Crippen LogP contribution in [0, 0.1) is 0 Å². The molecular formula is C15H24F2N2O. The molecule has 5 heteroatoms. The summed E-state index contributed by atoms with van der Waals surface area (Å²) in [5.74, 6) is -1.14. The van der Waals surface area contributed by atoms with E-state index in [0.717, 1.165) is 43.1 Å². The highest BCUT2D eigenvalue weighted by molar-refractivity contribution is 5.27. The molecule has 1 N–H and O–H groups in total. The Morgan fingerprint density at radius 2 is 1.95 bits per heavy atom. The molecule has 0 atom stereocenters. The molecule has 0 aromatic heterocycles. The maximum absolute atomic E-state index is 13.4. The van der Waals surface area contributed by atoms with E-state index in [1.54, 1.807) is 6.08 Å². The maximum atomic E-state index is 13.4. The lowest BCUT2D eigenvalue weighted by molar-refractivity contribution is -0.0533. The maximum Gasteiger partial charge on any atom is 0.127 e. The Bertz CT molecular complexity index is 391. The van der Waals surface area contributed by atoms with Gasteiger partial charge < -0.3 is 4.90 Å². The summed E-state index contributed by atoms with van der Waals surface area (Å²) >= 11 is 0. The van der Waals surface area contributed by atoms with Gasteiger partial charge in [0.15, 0.2) is 0 Å². The Balaban J connectivity index is 2.48. The first-order chi connectivity index (χ1) is 9.52. The number of nitrogens with zero attached hydrogens (tertiary/aromatic N) is 2. The van der Waals surface area contributed by atoms with Crippen LogP contribution in [0.15, 0.2) is 35.6 Å². The summed E-state index contributed by atoms with van der Waals surface area (Å²) in [5, 5.41) is 11.0. The number of halogens is 2. The fraction of sp³-hybridized carbons (Fsp3) is 0.600. The highest BCUT2D eigenvalue weighted by atomic mass is 19.1. The molecule has 1 aliphatic rings. The van der Waals surface area contributed by atoms with E-state index in [9.17, 15) is 14.0 Å². The predicted octanol–water partition coefficient (Wildman–Crippen LogP) is 3.79. The van der Waals surface area contributed by atoms with E-state index >= 15 is 0 Å². The molecule has 1 aliphatic carbocycles. The monoisotopic (exact) mass is 286 g/mol. The molecule has 0 aromatic carbocycles. The van der Waals surface area contributed by atoms with Crippen molar-refractivity contribution in [1.29, 1.82) is 0 Å². The number of allylic oxidation sites excluding steroid dienone is 5. The second-order valence-electron chi connectivity index (χ2n) is 5.07. The molecule has 1 rings (SSSR count). The third-order valence-electron chi connectivity index (χ3n) is 3.13. The Morgan fingerprint density at radius 1 is 1.20 bits per heavy atom. The van der Waals surface area contributed by atoms with Gasteiger partial charge in [0.05, 0.1) is 5.70 Å². The molecule has 0 unspecified atom stereocenters. The standard InChI is InChI=1S/C15H24F2N2O/c1-3-8-18(2)9-5-10-19(20)15-7-4-6-13(16)11-14(17)12-15/h7,11-12,20H,3-6,8-10H2,1-2H3/b13-11-,14-12?,15-7?. The first-order valence-electron chi connectivity index (χ1n) is 7.11. The molecule has 0 saturated carbocycles. The van der Waals surface area contributed by atoms with Crippen LogP contribution in [0.5, 0.6) is 0 Å². The first-order valence-corrected chi connectivity index (χ1v) is 7.11. The Labute approximate surface area is 119 Å². The van der Waals surface area contributed by atoms with Crippen molar-refractivity contribution in [3.63, 3.8) is 0 Å². The van der Waals surface area contributed by atoms with Gasteiger partial charge in [0.25, 0.3) is 0 Å². The van der Waals surface area contributed by atoms with Crippen molar-refractivity contribution in [2.24, 2.45) is 0 Å². The van der Waals surface area contributed by atoms with Crippen LogP contribution < -0.4 is 0 Å². The summed E-state index contributed by atoms with van der Waals surface area (Å²) in [5.41, 5.74) is 0.393. The van der Waals surface area contributed by atoms with Gasteiger partial charge in [-0.05, 0) is 45.5 Å². The lowest BCUT2D eigenvalue weighted by Crippen LogP contribution is -2.26. The summed E-state index contributed by atoms with van der Waals surface area (Å²) in [6.07, 6.45) is 6.18. The molecule has 20 heavy (non-hydrogen) atoms. The summed E-state index contributed by atoms with van der Waals surface area (Å²) in [6, 6.07) is 0. The van der Waals surface area contributed by atoms with Crippen LogP contribution in [0.25, 0.3) is 0 Å². The summed E-state index contributed by atoms with van der Waals surface area (Å²) in [6.45, 7) is 4.44. The van der Waals surface area contributed by atoms with Crippen molar-refractivity contribution in [2.75, 3.05) is 26.7 Å². The molecular weight excluding hydrogens is 262 g/mol. The van der Waals surface area contributed by atoms with E-state index in [-0.39, 0.29) is 6.42 Å². The van der Waals surface area contributed by atoms with E-state index < -0.39 is 11.7 Å². The Kier molecular flexibility index (Phi) is 7.47. The highest BCUT2D eigenvalue weighted by Gasteiger charge is 2.09. The predicted molar refractivity (Wildman–Crippen MR) is 76.6 cm³/mol. The van der Waals surface area contributed by atoms with E-state index in [1.165, 1.54) is 0 Å². The fourth-order valence-electron chi connectivity index (χ4n) is 2.11. The second kappa shape index (κ2) is 8.87. The molecule has 0 amide bonds. The zero-order chi connectivity index (χ0) is 15.0. The Morgan fingerprint density at radius 3 is 2.65 bits per heavy atom. The van der Waals surface area contributed by atoms with Crippen LogP contribution in [-0.2, 0) is 0 Å². The SMILES string of the molecule is CCCN(C)CCCN(O)C1=CCC/C(F)=C/C(F)=C1. The fourth-order valence-corrected chi connectivity index (χ4v) is 2.11. The molecule has 3 nitrogen and oxygen atoms in total. The van der Waals surface area contributed by atoms with Crippen molar-refractivity contribution < 1.29 is 14.0 Å². The van der Waals surface area contributed by atoms with Gasteiger partial charge in [-0.3, -0.25) is 10.3 Å². The van der Waals surface area contributed by atoms with Crippen LogP contribution in [0.1, 0.15) is 32.6 Å². The van der Waals surface area contributed by atoms with Gasteiger partial charge in [0, 0.05) is 19.0 Å². The number of hydrogen-bond donors (Lipinski definition) is 1. The minimum atomic E-state index is -0.671. The van der Waals surface area contributed by atoms with E-state index in [0.29, 0.717) is 18.7 Å². The van der Waals surface area contributed by atoms with Crippen LogP contribution in [0.3, 0.4) is 0 Å². The van der Waals surface area contributed by atoms with Crippen LogP contribution in [0.4, 0.5) is 8.78 Å². The lowest BCUT2D eigenvalue weighted by atomic mass is 10.1. The summed E-state index contributed by atoms with van der Waals surface area (Å²) in [7, 11) is 2.04. The van der Waals surface area contributed by atoms with Crippen LogP contribution in [0.2, 0.25) is 0 Å². The second-order valence-corrected chi connectivity index (χ2v) is 5.07. The van der Waals surface area contributed by atoms with Gasteiger partial charge in [-0.2, -0.15) is 0 Å². The number of hydroxylamine groups is 2. The molecule has 0 heterocycles. The number of rotatable bonds is 7. The molecule has 0 fully saturated rings. The summed E-state index contributed by atoms with van der Waals surface area (Å²) < 4.78 is 26.4. The van der Waals surface area contributed by atoms with Gasteiger partial charge in [0.2, 0.25) is 0 Å². The van der Waals surface area contributed by atoms with E-state index in [4.69, 9.17) is 0 Å². The van der Waals surface area contributed by atoms with E-state index in [2.05, 4.69) is 11.8 Å². The topological polar surface area (TPSA) is 26.7 Å². The minimum Gasteiger partial charge on any atom is -0.306 e. The Hall–Kier alpha value is -1.20. The van der Waals surface area contributed by atoms with Crippen LogP contribution in [-0.4, -0.2) is 41.9 Å². The zero-order valence-electron chi connectivity index (χ0n) is 12.3. The van der Waals surface area contributed by atoms with Gasteiger partial charge in [-0.25, -0.2) is 8.78 Å². The van der Waals surface area contributed by atoms with Crippen molar-refractivity contribution in [3.8, 4) is 0 Å². The van der Waals surface area contributed by atoms with Gasteiger partial charge in [-0.15, -0.1) is 0 Å². The van der Waals surface area contributed by atoms with Crippen LogP contribution >= 0.6 is 0 Å². The van der Waals surface area contributed by atoms with Crippen molar-refractivity contribution in [1.82, 2.24) is 9.96 Å². The van der Waals surface area contributed by atoms with Gasteiger partial charge in [0.1, 0.15) is 11.7 Å². The summed E-state index contributed by atoms with van der Waals surface area (Å²) in [4.78, 5) is 2.19. The molecule has 114 valence electrons. The smallest absolute Gasteiger partial charge is 0.127 e. The third kappa shape index (κ3) is 6.30. The average Bonchev–Trinajstić information content (AvgIpc) is 2.35. The molecule has 0 spiro atoms. The molecule has 0 radical (unpaired) electrons. The first kappa shape index (κ1) is 16.9. The lowest BCUT2D eigenvalue weighted by Gasteiger charge is -2.21. The molecule has 0 bridgehead atoms.